The van der Waals surface area contributed by atoms with E-state index in [1.807, 2.05) is 0 Å². The van der Waals surface area contributed by atoms with Gasteiger partial charge in [0.25, 0.3) is 0 Å². The van der Waals surface area contributed by atoms with Gasteiger partial charge in [0.2, 0.25) is 0 Å². The van der Waals surface area contributed by atoms with E-state index in [9.17, 15) is 4.79 Å². The summed E-state index contributed by atoms with van der Waals surface area (Å²) in [5.41, 5.74) is 0. The highest BCUT2D eigenvalue weighted by molar-refractivity contribution is 6.48. The Labute approximate surface area is 203 Å². The predicted molar refractivity (Wildman–Crippen MR) is 140 cm³/mol. The number of hydrogen-bond donors (Lipinski definition) is 0. The summed E-state index contributed by atoms with van der Waals surface area (Å²) >= 11 is 0. The second kappa shape index (κ2) is 18.3. The Morgan fingerprint density at radius 2 is 0.906 bits per heavy atom. The minimum atomic E-state index is -1.60. The molecule has 0 bridgehead atoms. The van der Waals surface area contributed by atoms with E-state index in [4.69, 9.17) is 17.7 Å². The van der Waals surface area contributed by atoms with Crippen LogP contribution in [0, 0.1) is 0 Å². The van der Waals surface area contributed by atoms with Gasteiger partial charge >= 0.3 is 18.6 Å². The minimum Gasteiger partial charge on any atom is -0.400 e. The zero-order valence-corrected chi connectivity index (χ0v) is 24.9. The van der Waals surface area contributed by atoms with Gasteiger partial charge in [0.1, 0.15) is 5.78 Å². The molecule has 2 atom stereocenters. The molecule has 0 aromatic heterocycles. The van der Waals surface area contributed by atoms with Crippen LogP contribution in [0.2, 0.25) is 10.1 Å². The highest BCUT2D eigenvalue weighted by Crippen LogP contribution is 2.40. The van der Waals surface area contributed by atoms with E-state index in [2.05, 4.69) is 27.7 Å². The molecule has 7 heteroatoms. The molecule has 5 nitrogen and oxygen atoms in total. The zero-order valence-electron chi connectivity index (χ0n) is 22.6. The van der Waals surface area contributed by atoms with Gasteiger partial charge in [-0.25, -0.2) is 0 Å². The number of carbonyl (C=O) groups is 1. The van der Waals surface area contributed by atoms with Gasteiger partial charge in [-0.05, 0) is 38.5 Å². The van der Waals surface area contributed by atoms with E-state index in [0.29, 0.717) is 5.78 Å². The first-order valence-corrected chi connectivity index (χ1v) is 15.9. The van der Waals surface area contributed by atoms with Crippen LogP contribution in [0.5, 0.6) is 0 Å². The fourth-order valence-electron chi connectivity index (χ4n) is 4.79. The lowest BCUT2D eigenvalue weighted by Gasteiger charge is -2.33. The summed E-state index contributed by atoms with van der Waals surface area (Å²) in [5, 5.41) is 0.397. The van der Waals surface area contributed by atoms with Crippen molar-refractivity contribution >= 4 is 24.4 Å². The third-order valence-electron chi connectivity index (χ3n) is 7.52. The summed E-state index contributed by atoms with van der Waals surface area (Å²) in [7, 11) is 3.91. The Morgan fingerprint density at radius 3 is 1.19 bits per heavy atom. The number of rotatable bonds is 22. The Hall–Kier alpha value is -0.0562. The van der Waals surface area contributed by atoms with Crippen LogP contribution in [0.25, 0.3) is 0 Å². The van der Waals surface area contributed by atoms with E-state index in [-0.39, 0.29) is 10.1 Å². The number of carbonyl (C=O) groups excluding carboxylic acids is 1. The standard InChI is InChI=1S/C25H54O5Si2/c1-9-24(3,31(27-5)28-6)21-17-13-11-15-19-23(26)20-16-12-14-18-22-25(4,10-2)32(29-7)30-8/h31-32H,9-22H2,1-8H3. The lowest BCUT2D eigenvalue weighted by Crippen LogP contribution is -2.34. The Kier molecular flexibility index (Phi) is 18.3. The summed E-state index contributed by atoms with van der Waals surface area (Å²) < 4.78 is 22.5. The molecule has 0 rings (SSSR count). The van der Waals surface area contributed by atoms with Crippen molar-refractivity contribution in [2.24, 2.45) is 0 Å². The highest BCUT2D eigenvalue weighted by Gasteiger charge is 2.36. The van der Waals surface area contributed by atoms with E-state index in [1.165, 1.54) is 25.7 Å². The average molecular weight is 491 g/mol. The first kappa shape index (κ1) is 31.9. The van der Waals surface area contributed by atoms with Crippen molar-refractivity contribution in [2.75, 3.05) is 28.4 Å². The molecule has 0 aliphatic carbocycles. The smallest absolute Gasteiger partial charge is 0.327 e. The van der Waals surface area contributed by atoms with E-state index in [0.717, 1.165) is 64.2 Å². The summed E-state index contributed by atoms with van der Waals surface area (Å²) in [6.07, 6.45) is 15.2. The molecule has 0 fully saturated rings. The molecule has 192 valence electrons. The van der Waals surface area contributed by atoms with Crippen molar-refractivity contribution < 1.29 is 22.5 Å². The quantitative estimate of drug-likeness (QED) is 0.126. The largest absolute Gasteiger partial charge is 0.400 e. The maximum absolute atomic E-state index is 12.2. The van der Waals surface area contributed by atoms with Gasteiger partial charge in [0, 0.05) is 51.4 Å². The fraction of sp³-hybridized carbons (Fsp3) is 0.960. The SMILES string of the molecule is CCC(C)(CCCCCCC(=O)CCCCCCC(C)(CC)[SiH](OC)OC)[SiH](OC)OC. The number of hydrogen-bond acceptors (Lipinski definition) is 5. The molecule has 0 saturated carbocycles. The molecular formula is C25H54O5Si2. The van der Waals surface area contributed by atoms with Crippen LogP contribution in [-0.2, 0) is 22.5 Å². The summed E-state index contributed by atoms with van der Waals surface area (Å²) in [6, 6.07) is 0. The molecule has 0 heterocycles. The van der Waals surface area contributed by atoms with Crippen molar-refractivity contribution in [3.8, 4) is 0 Å². The van der Waals surface area contributed by atoms with Gasteiger partial charge in [-0.3, -0.25) is 4.79 Å². The van der Waals surface area contributed by atoms with Crippen LogP contribution in [0.1, 0.15) is 118 Å². The number of unbranched alkanes of at least 4 members (excludes halogenated alkanes) is 6. The van der Waals surface area contributed by atoms with E-state index < -0.39 is 18.6 Å². The van der Waals surface area contributed by atoms with Crippen LogP contribution in [0.3, 0.4) is 0 Å². The minimum absolute atomic E-state index is 0.199. The van der Waals surface area contributed by atoms with Crippen LogP contribution in [-0.4, -0.2) is 52.8 Å². The maximum Gasteiger partial charge on any atom is 0.327 e. The van der Waals surface area contributed by atoms with Gasteiger partial charge in [0.05, 0.1) is 0 Å². The lowest BCUT2D eigenvalue weighted by atomic mass is 9.97. The topological polar surface area (TPSA) is 54.0 Å². The molecular weight excluding hydrogens is 436 g/mol. The van der Waals surface area contributed by atoms with Crippen molar-refractivity contribution in [3.05, 3.63) is 0 Å². The van der Waals surface area contributed by atoms with Crippen LogP contribution in [0.15, 0.2) is 0 Å². The molecule has 0 aromatic rings. The molecule has 0 aliphatic heterocycles. The summed E-state index contributed by atoms with van der Waals surface area (Å²) in [5.74, 6) is 0.444. The fourth-order valence-corrected chi connectivity index (χ4v) is 8.99. The zero-order chi connectivity index (χ0) is 24.5. The van der Waals surface area contributed by atoms with Crippen LogP contribution in [0.4, 0.5) is 0 Å². The van der Waals surface area contributed by atoms with E-state index in [1.54, 1.807) is 28.4 Å². The monoisotopic (exact) mass is 490 g/mol. The Morgan fingerprint density at radius 1 is 0.594 bits per heavy atom. The van der Waals surface area contributed by atoms with E-state index >= 15 is 0 Å². The van der Waals surface area contributed by atoms with Gasteiger partial charge in [0.15, 0.2) is 0 Å². The molecule has 32 heavy (non-hydrogen) atoms. The van der Waals surface area contributed by atoms with Crippen molar-refractivity contribution in [1.29, 1.82) is 0 Å². The maximum atomic E-state index is 12.2. The molecule has 0 amide bonds. The summed E-state index contributed by atoms with van der Waals surface area (Å²) in [4.78, 5) is 12.2. The average Bonchev–Trinajstić information content (AvgIpc) is 2.79. The third-order valence-corrected chi connectivity index (χ3v) is 12.9. The van der Waals surface area contributed by atoms with Crippen molar-refractivity contribution in [2.45, 2.75) is 128 Å². The van der Waals surface area contributed by atoms with Crippen LogP contribution >= 0.6 is 0 Å². The number of Topliss-reactive ketones (excluding diaryl/α,β-unsaturated/α-hetero) is 1. The van der Waals surface area contributed by atoms with Crippen molar-refractivity contribution in [1.82, 2.24) is 0 Å². The second-order valence-electron chi connectivity index (χ2n) is 9.99. The van der Waals surface area contributed by atoms with Gasteiger partial charge in [-0.2, -0.15) is 0 Å². The summed E-state index contributed by atoms with van der Waals surface area (Å²) in [6.45, 7) is 9.07. The van der Waals surface area contributed by atoms with Gasteiger partial charge in [-0.15, -0.1) is 0 Å². The lowest BCUT2D eigenvalue weighted by molar-refractivity contribution is -0.119. The molecule has 2 unspecified atom stereocenters. The predicted octanol–water partition coefficient (Wildman–Crippen LogP) is 6.60. The van der Waals surface area contributed by atoms with Crippen LogP contribution < -0.4 is 0 Å². The molecule has 0 radical (unpaired) electrons. The Bertz CT molecular complexity index is 431. The van der Waals surface area contributed by atoms with Gasteiger partial charge < -0.3 is 17.7 Å². The highest BCUT2D eigenvalue weighted by atomic mass is 28.3. The molecule has 0 spiro atoms. The van der Waals surface area contributed by atoms with Crippen molar-refractivity contribution in [3.63, 3.8) is 0 Å². The normalized spacial score (nSPS) is 15.8. The first-order chi connectivity index (χ1) is 15.3. The molecule has 0 aliphatic rings. The number of ketones is 1. The molecule has 0 N–H and O–H groups in total. The second-order valence-corrected chi connectivity index (χ2v) is 16.0. The first-order valence-electron chi connectivity index (χ1n) is 12.9. The molecule has 0 aromatic carbocycles. The third kappa shape index (κ3) is 11.9. The molecule has 0 saturated heterocycles. The van der Waals surface area contributed by atoms with Gasteiger partial charge in [-0.1, -0.05) is 66.2 Å². The Balaban J connectivity index is 3.87.